The second-order valence-electron chi connectivity index (χ2n) is 9.88. The molecule has 5 rings (SSSR count). The Morgan fingerprint density at radius 1 is 0.941 bits per heavy atom. The van der Waals surface area contributed by atoms with Crippen molar-refractivity contribution in [2.24, 2.45) is 5.92 Å². The lowest BCUT2D eigenvalue weighted by atomic mass is 9.91. The monoisotopic (exact) mass is 472 g/mol. The number of hydrogen-bond acceptors (Lipinski definition) is 3. The summed E-state index contributed by atoms with van der Waals surface area (Å²) in [7, 11) is 0. The average molecular weight is 473 g/mol. The normalized spacial score (nSPS) is 23.2. The second kappa shape index (κ2) is 9.34. The lowest BCUT2D eigenvalue weighted by molar-refractivity contribution is -0.141. The minimum atomic E-state index is -4.34. The maximum Gasteiger partial charge on any atom is 0.416 e. The quantitative estimate of drug-likeness (QED) is 0.648. The first-order valence-corrected chi connectivity index (χ1v) is 12.3. The average Bonchev–Trinajstić information content (AvgIpc) is 3.13. The molecule has 0 spiro atoms. The first-order valence-electron chi connectivity index (χ1n) is 12.3. The Bertz CT molecular complexity index is 1030. The fraction of sp³-hybridized carbons (Fsp3) is 0.519. The Hall–Kier alpha value is -2.38. The molecule has 1 N–H and O–H groups in total. The summed E-state index contributed by atoms with van der Waals surface area (Å²) < 4.78 is 38.8. The van der Waals surface area contributed by atoms with Crippen LogP contribution in [0.25, 0.3) is 11.1 Å². The van der Waals surface area contributed by atoms with Crippen LogP contribution in [0, 0.1) is 5.92 Å². The van der Waals surface area contributed by atoms with Gasteiger partial charge in [-0.25, -0.2) is 0 Å². The summed E-state index contributed by atoms with van der Waals surface area (Å²) in [5.74, 6) is 0.744. The molecule has 0 saturated carbocycles. The topological polar surface area (TPSA) is 43.8 Å². The zero-order valence-corrected chi connectivity index (χ0v) is 19.2. The maximum absolute atomic E-state index is 13.5. The van der Waals surface area contributed by atoms with Gasteiger partial charge in [0.25, 0.3) is 0 Å². The van der Waals surface area contributed by atoms with Gasteiger partial charge >= 0.3 is 6.18 Å². The van der Waals surface area contributed by atoms with Gasteiger partial charge in [0, 0.05) is 25.6 Å². The number of likely N-dealkylation sites (tertiary alicyclic amines) is 2. The Morgan fingerprint density at radius 2 is 1.65 bits per heavy atom. The van der Waals surface area contributed by atoms with E-state index in [-0.39, 0.29) is 24.5 Å². The molecule has 182 valence electrons. The van der Waals surface area contributed by atoms with Crippen LogP contribution in [0.4, 0.5) is 13.2 Å². The summed E-state index contributed by atoms with van der Waals surface area (Å²) in [6.45, 7) is 3.64. The Labute approximate surface area is 198 Å². The number of piperidine rings is 2. The predicted octanol–water partition coefficient (Wildman–Crippen LogP) is 5.23. The first kappa shape index (κ1) is 23.4. The van der Waals surface area contributed by atoms with Crippen molar-refractivity contribution in [2.75, 3.05) is 32.8 Å². The van der Waals surface area contributed by atoms with Crippen LogP contribution in [-0.4, -0.2) is 53.6 Å². The molecule has 34 heavy (non-hydrogen) atoms. The summed E-state index contributed by atoms with van der Waals surface area (Å²) in [6.07, 6.45) is 0.0391. The van der Waals surface area contributed by atoms with Crippen LogP contribution in [0.5, 0.6) is 0 Å². The number of nitrogens with zero attached hydrogens (tertiary/aromatic N) is 2. The molecule has 0 radical (unpaired) electrons. The van der Waals surface area contributed by atoms with E-state index < -0.39 is 11.7 Å². The van der Waals surface area contributed by atoms with Gasteiger partial charge in [0.2, 0.25) is 5.91 Å². The van der Waals surface area contributed by atoms with Crippen LogP contribution in [0.3, 0.4) is 0 Å². The van der Waals surface area contributed by atoms with E-state index in [1.807, 2.05) is 6.07 Å². The number of benzene rings is 2. The van der Waals surface area contributed by atoms with E-state index in [2.05, 4.69) is 21.9 Å². The minimum absolute atomic E-state index is 0.0454. The van der Waals surface area contributed by atoms with Crippen molar-refractivity contribution >= 4 is 5.91 Å². The molecular weight excluding hydrogens is 441 g/mol. The number of carbonyl (C=O) groups excluding carboxylic acids is 1. The number of rotatable bonds is 5. The van der Waals surface area contributed by atoms with Crippen molar-refractivity contribution < 1.29 is 23.1 Å². The highest BCUT2D eigenvalue weighted by molar-refractivity contribution is 5.80. The minimum Gasteiger partial charge on any atom is -0.396 e. The largest absolute Gasteiger partial charge is 0.416 e. The molecule has 2 fully saturated rings. The number of aliphatic hydroxyl groups excluding tert-OH is 1. The van der Waals surface area contributed by atoms with Gasteiger partial charge in [0.15, 0.2) is 0 Å². The Morgan fingerprint density at radius 3 is 2.32 bits per heavy atom. The molecule has 2 aromatic carbocycles. The SMILES string of the molecule is O=C(C1CCN(CCCO)CC1)N1CC[C@@H]2C[C@H]1c1cc(-c3ccc(C(F)(F)F)cc3)ccc12. The molecule has 2 aromatic rings. The van der Waals surface area contributed by atoms with Gasteiger partial charge in [-0.1, -0.05) is 24.3 Å². The van der Waals surface area contributed by atoms with Crippen molar-refractivity contribution in [1.29, 1.82) is 0 Å². The first-order chi connectivity index (χ1) is 16.3. The number of halogens is 3. The lowest BCUT2D eigenvalue weighted by Gasteiger charge is -2.39. The van der Waals surface area contributed by atoms with Crippen molar-refractivity contribution in [3.63, 3.8) is 0 Å². The Kier molecular flexibility index (Phi) is 6.42. The molecular formula is C27H31F3N2O2. The van der Waals surface area contributed by atoms with Crippen LogP contribution in [0.2, 0.25) is 0 Å². The summed E-state index contributed by atoms with van der Waals surface area (Å²) in [5.41, 5.74) is 3.45. The molecule has 2 heterocycles. The number of hydrogen-bond donors (Lipinski definition) is 1. The number of alkyl halides is 3. The smallest absolute Gasteiger partial charge is 0.396 e. The van der Waals surface area contributed by atoms with Crippen molar-refractivity contribution in [2.45, 2.75) is 50.2 Å². The highest BCUT2D eigenvalue weighted by Crippen LogP contribution is 2.50. The zero-order chi connectivity index (χ0) is 23.9. The molecule has 2 atom stereocenters. The maximum atomic E-state index is 13.5. The van der Waals surface area contributed by atoms with Crippen LogP contribution in [-0.2, 0) is 11.0 Å². The molecule has 2 saturated heterocycles. The molecule has 1 aliphatic carbocycles. The van der Waals surface area contributed by atoms with Gasteiger partial charge in [-0.05, 0) is 91.6 Å². The third kappa shape index (κ3) is 4.48. The van der Waals surface area contributed by atoms with Crippen molar-refractivity contribution in [1.82, 2.24) is 9.80 Å². The molecule has 0 unspecified atom stereocenters. The number of fused-ring (bicyclic) bond motifs is 5. The molecule has 2 bridgehead atoms. The molecule has 1 amide bonds. The van der Waals surface area contributed by atoms with Crippen LogP contribution in [0.1, 0.15) is 60.8 Å². The standard InChI is InChI=1S/C27H31F3N2O2/c28-27(29,30)22-5-2-18(3-6-22)20-4-7-23-21-10-14-32(25(17-21)24(23)16-20)26(34)19-8-12-31(13-9-19)11-1-15-33/h2-7,16,19,21,25,33H,1,8-15,17H2/t21-,25+/m1/s1. The Balaban J connectivity index is 1.33. The van der Waals surface area contributed by atoms with Gasteiger partial charge in [0.05, 0.1) is 11.6 Å². The van der Waals surface area contributed by atoms with E-state index in [1.165, 1.54) is 17.7 Å². The van der Waals surface area contributed by atoms with E-state index in [0.29, 0.717) is 5.92 Å². The van der Waals surface area contributed by atoms with Crippen LogP contribution < -0.4 is 0 Å². The van der Waals surface area contributed by atoms with Gasteiger partial charge in [-0.15, -0.1) is 0 Å². The summed E-state index contributed by atoms with van der Waals surface area (Å²) in [6, 6.07) is 11.6. The van der Waals surface area contributed by atoms with Gasteiger partial charge in [-0.3, -0.25) is 4.79 Å². The number of amides is 1. The van der Waals surface area contributed by atoms with Gasteiger partial charge in [-0.2, -0.15) is 13.2 Å². The predicted molar refractivity (Wildman–Crippen MR) is 124 cm³/mol. The van der Waals surface area contributed by atoms with Crippen LogP contribution >= 0.6 is 0 Å². The van der Waals surface area contributed by atoms with E-state index >= 15 is 0 Å². The summed E-state index contributed by atoms with van der Waals surface area (Å²) in [4.78, 5) is 17.9. The lowest BCUT2D eigenvalue weighted by Crippen LogP contribution is -2.45. The summed E-state index contributed by atoms with van der Waals surface area (Å²) in [5, 5.41) is 9.05. The number of aliphatic hydroxyl groups is 1. The summed E-state index contributed by atoms with van der Waals surface area (Å²) >= 11 is 0. The van der Waals surface area contributed by atoms with Gasteiger partial charge in [0.1, 0.15) is 0 Å². The molecule has 4 nitrogen and oxygen atoms in total. The highest BCUT2D eigenvalue weighted by atomic mass is 19.4. The van der Waals surface area contributed by atoms with Crippen LogP contribution in [0.15, 0.2) is 42.5 Å². The molecule has 3 aliphatic rings. The second-order valence-corrected chi connectivity index (χ2v) is 9.88. The van der Waals surface area contributed by atoms with E-state index in [0.717, 1.165) is 87.1 Å². The highest BCUT2D eigenvalue weighted by Gasteiger charge is 2.42. The third-order valence-electron chi connectivity index (χ3n) is 7.89. The van der Waals surface area contributed by atoms with Gasteiger partial charge < -0.3 is 14.9 Å². The number of carbonyl (C=O) groups is 1. The molecule has 2 aliphatic heterocycles. The van der Waals surface area contributed by atoms with E-state index in [1.54, 1.807) is 0 Å². The fourth-order valence-corrected chi connectivity index (χ4v) is 6.01. The van der Waals surface area contributed by atoms with Crippen molar-refractivity contribution in [3.05, 3.63) is 59.2 Å². The van der Waals surface area contributed by atoms with E-state index in [9.17, 15) is 18.0 Å². The zero-order valence-electron chi connectivity index (χ0n) is 19.2. The van der Waals surface area contributed by atoms with E-state index in [4.69, 9.17) is 5.11 Å². The van der Waals surface area contributed by atoms with Crippen molar-refractivity contribution in [3.8, 4) is 11.1 Å². The fourth-order valence-electron chi connectivity index (χ4n) is 6.01. The molecule has 0 aromatic heterocycles. The molecule has 7 heteroatoms. The third-order valence-corrected chi connectivity index (χ3v) is 7.89.